The number of phenolic OH excluding ortho intramolecular Hbond substituents is 1. The fourth-order valence-corrected chi connectivity index (χ4v) is 4.43. The summed E-state index contributed by atoms with van der Waals surface area (Å²) in [6.45, 7) is 17.1. The van der Waals surface area contributed by atoms with Crippen LogP contribution in [0.4, 0.5) is 0 Å². The molecule has 1 N–H and O–H groups in total. The van der Waals surface area contributed by atoms with E-state index in [-0.39, 0.29) is 23.2 Å². The number of aromatic nitrogens is 1. The Bertz CT molecular complexity index is 994. The molecule has 1 aromatic heterocycles. The van der Waals surface area contributed by atoms with E-state index < -0.39 is 0 Å². The zero-order valence-corrected chi connectivity index (χ0v) is 22.2. The summed E-state index contributed by atoms with van der Waals surface area (Å²) in [6.07, 6.45) is 6.42. The van der Waals surface area contributed by atoms with Gasteiger partial charge < -0.3 is 9.67 Å². The molecule has 4 heteroatoms. The second-order valence-electron chi connectivity index (χ2n) is 11.3. The molecule has 2 rings (SSSR count). The third-order valence-electron chi connectivity index (χ3n) is 6.67. The number of rotatable bonds is 8. The molecule has 4 nitrogen and oxygen atoms in total. The van der Waals surface area contributed by atoms with Gasteiger partial charge in [0.05, 0.1) is 6.54 Å². The Morgan fingerprint density at radius 3 is 2.03 bits per heavy atom. The molecule has 0 radical (unpaired) electrons. The van der Waals surface area contributed by atoms with Gasteiger partial charge in [0.15, 0.2) is 5.78 Å². The number of aryl methyl sites for hydroxylation is 1. The molecule has 0 saturated carbocycles. The molecule has 0 fully saturated rings. The van der Waals surface area contributed by atoms with Crippen molar-refractivity contribution in [2.45, 2.75) is 98.4 Å². The average Bonchev–Trinajstić information content (AvgIpc) is 2.73. The Labute approximate surface area is 200 Å². The highest BCUT2D eigenvalue weighted by atomic mass is 16.3. The van der Waals surface area contributed by atoms with E-state index in [1.165, 1.54) is 18.4 Å². The number of carbonyl (C=O) groups excluding carboxylic acids is 1. The third-order valence-corrected chi connectivity index (χ3v) is 6.67. The topological polar surface area (TPSA) is 54.6 Å². The van der Waals surface area contributed by atoms with Crippen molar-refractivity contribution in [3.63, 3.8) is 0 Å². The summed E-state index contributed by atoms with van der Waals surface area (Å²) in [4.78, 5) is 18.0. The van der Waals surface area contributed by atoms with Crippen molar-refractivity contribution in [3.8, 4) is 5.75 Å². The van der Waals surface area contributed by atoms with Gasteiger partial charge in [-0.1, -0.05) is 74.3 Å². The first-order valence-electron chi connectivity index (χ1n) is 12.4. The standard InChI is InChI=1S/C29H44N2O2/c1-10-20(11-2)14-15-21-13-12-16-31(27(21)30-9)19-25(32)22-17-23(28(3,4)5)26(33)24(18-22)29(6,7)8/h12-13,16-18,20,33H,10-11,14-15,19H2,1-9H3/b30-27+. The molecule has 0 aliphatic rings. The van der Waals surface area contributed by atoms with Crippen LogP contribution in [0.25, 0.3) is 0 Å². The molecule has 0 aliphatic carbocycles. The molecule has 33 heavy (non-hydrogen) atoms. The first-order chi connectivity index (χ1) is 15.3. The number of aromatic hydroxyl groups is 1. The van der Waals surface area contributed by atoms with Crippen LogP contribution < -0.4 is 5.49 Å². The van der Waals surface area contributed by atoms with Crippen molar-refractivity contribution in [1.82, 2.24) is 4.57 Å². The number of Topliss-reactive ketones (excluding diaryl/α,β-unsaturated/α-hetero) is 1. The van der Waals surface area contributed by atoms with Crippen LogP contribution in [0.1, 0.15) is 102 Å². The summed E-state index contributed by atoms with van der Waals surface area (Å²) in [5, 5.41) is 11.0. The Kier molecular flexibility index (Phi) is 8.73. The summed E-state index contributed by atoms with van der Waals surface area (Å²) in [5.74, 6) is 1.04. The maximum absolute atomic E-state index is 13.5. The van der Waals surface area contributed by atoms with Gasteiger partial charge in [-0.3, -0.25) is 9.79 Å². The van der Waals surface area contributed by atoms with Crippen LogP contribution in [0.2, 0.25) is 0 Å². The second-order valence-corrected chi connectivity index (χ2v) is 11.3. The molecule has 182 valence electrons. The predicted molar refractivity (Wildman–Crippen MR) is 138 cm³/mol. The summed E-state index contributed by atoms with van der Waals surface area (Å²) in [5.41, 5.74) is 3.78. The van der Waals surface area contributed by atoms with E-state index >= 15 is 0 Å². The quantitative estimate of drug-likeness (QED) is 0.460. The van der Waals surface area contributed by atoms with Gasteiger partial charge in [0.25, 0.3) is 0 Å². The number of hydrogen-bond donors (Lipinski definition) is 1. The smallest absolute Gasteiger partial charge is 0.182 e. The lowest BCUT2D eigenvalue weighted by Gasteiger charge is -2.28. The lowest BCUT2D eigenvalue weighted by atomic mass is 9.78. The third kappa shape index (κ3) is 6.59. The van der Waals surface area contributed by atoms with Crippen LogP contribution >= 0.6 is 0 Å². The van der Waals surface area contributed by atoms with Gasteiger partial charge in [-0.15, -0.1) is 0 Å². The molecule has 1 aromatic carbocycles. The average molecular weight is 453 g/mol. The SMILES string of the molecule is CCC(CC)CCc1cccn(CC(=O)c2cc(C(C)(C)C)c(O)c(C(C)(C)C)c2)/c1=N/C. The van der Waals surface area contributed by atoms with Gasteiger partial charge in [-0.2, -0.15) is 0 Å². The summed E-state index contributed by atoms with van der Waals surface area (Å²) in [7, 11) is 1.80. The van der Waals surface area contributed by atoms with E-state index in [2.05, 4.69) is 66.4 Å². The molecule has 0 unspecified atom stereocenters. The van der Waals surface area contributed by atoms with Crippen molar-refractivity contribution < 1.29 is 9.90 Å². The molecule has 0 amide bonds. The molecule has 0 saturated heterocycles. The summed E-state index contributed by atoms with van der Waals surface area (Å²) >= 11 is 0. The largest absolute Gasteiger partial charge is 0.507 e. The number of nitrogens with zero attached hydrogens (tertiary/aromatic N) is 2. The summed E-state index contributed by atoms with van der Waals surface area (Å²) < 4.78 is 1.96. The van der Waals surface area contributed by atoms with Crippen LogP contribution in [0.15, 0.2) is 35.5 Å². The second kappa shape index (κ2) is 10.7. The van der Waals surface area contributed by atoms with Crippen LogP contribution in [0.5, 0.6) is 5.75 Å². The van der Waals surface area contributed by atoms with Crippen LogP contribution in [-0.2, 0) is 23.8 Å². The molecule has 0 atom stereocenters. The van der Waals surface area contributed by atoms with Gasteiger partial charge >= 0.3 is 0 Å². The van der Waals surface area contributed by atoms with Gasteiger partial charge in [-0.25, -0.2) is 0 Å². The highest BCUT2D eigenvalue weighted by Crippen LogP contribution is 2.39. The number of benzene rings is 1. The Balaban J connectivity index is 2.46. The van der Waals surface area contributed by atoms with Gasteiger partial charge in [-0.05, 0) is 53.4 Å². The lowest BCUT2D eigenvalue weighted by Crippen LogP contribution is -2.28. The fourth-order valence-electron chi connectivity index (χ4n) is 4.43. The van der Waals surface area contributed by atoms with Gasteiger partial charge in [0, 0.05) is 29.9 Å². The zero-order valence-electron chi connectivity index (χ0n) is 22.2. The van der Waals surface area contributed by atoms with Crippen molar-refractivity contribution in [3.05, 3.63) is 58.2 Å². The first-order valence-corrected chi connectivity index (χ1v) is 12.4. The predicted octanol–water partition coefficient (Wildman–Crippen LogP) is 6.57. The lowest BCUT2D eigenvalue weighted by molar-refractivity contribution is 0.0970. The number of phenols is 1. The normalized spacial score (nSPS) is 13.1. The molecular formula is C29H44N2O2. The summed E-state index contributed by atoms with van der Waals surface area (Å²) in [6, 6.07) is 7.88. The van der Waals surface area contributed by atoms with E-state index in [0.717, 1.165) is 29.5 Å². The molecule has 0 bridgehead atoms. The minimum absolute atomic E-state index is 0.0260. The van der Waals surface area contributed by atoms with E-state index in [1.807, 2.05) is 29.0 Å². The maximum Gasteiger partial charge on any atom is 0.182 e. The van der Waals surface area contributed by atoms with Crippen LogP contribution in [-0.4, -0.2) is 22.5 Å². The van der Waals surface area contributed by atoms with E-state index in [9.17, 15) is 9.90 Å². The Morgan fingerprint density at radius 1 is 1.03 bits per heavy atom. The van der Waals surface area contributed by atoms with Crippen molar-refractivity contribution >= 4 is 5.78 Å². The zero-order chi connectivity index (χ0) is 25.0. The minimum atomic E-state index is -0.271. The van der Waals surface area contributed by atoms with E-state index in [4.69, 9.17) is 0 Å². The van der Waals surface area contributed by atoms with E-state index in [1.54, 1.807) is 7.05 Å². The van der Waals surface area contributed by atoms with Crippen molar-refractivity contribution in [2.75, 3.05) is 7.05 Å². The van der Waals surface area contributed by atoms with Crippen LogP contribution in [0, 0.1) is 5.92 Å². The number of pyridine rings is 1. The number of ketones is 1. The Morgan fingerprint density at radius 2 is 1.58 bits per heavy atom. The van der Waals surface area contributed by atoms with Crippen LogP contribution in [0.3, 0.4) is 0 Å². The molecule has 0 aliphatic heterocycles. The maximum atomic E-state index is 13.5. The van der Waals surface area contributed by atoms with Crippen molar-refractivity contribution in [1.29, 1.82) is 0 Å². The minimum Gasteiger partial charge on any atom is -0.507 e. The number of hydrogen-bond acceptors (Lipinski definition) is 3. The van der Waals surface area contributed by atoms with Gasteiger partial charge in [0.2, 0.25) is 0 Å². The van der Waals surface area contributed by atoms with E-state index in [0.29, 0.717) is 17.2 Å². The highest BCUT2D eigenvalue weighted by Gasteiger charge is 2.27. The number of carbonyl (C=O) groups is 1. The van der Waals surface area contributed by atoms with Gasteiger partial charge in [0.1, 0.15) is 11.2 Å². The molecule has 2 aromatic rings. The highest BCUT2D eigenvalue weighted by molar-refractivity contribution is 5.96. The molecular weight excluding hydrogens is 408 g/mol. The monoisotopic (exact) mass is 452 g/mol. The Hall–Kier alpha value is -2.36. The fraction of sp³-hybridized carbons (Fsp3) is 0.586. The van der Waals surface area contributed by atoms with Crippen molar-refractivity contribution in [2.24, 2.45) is 10.9 Å². The first kappa shape index (κ1) is 26.9. The molecule has 0 spiro atoms. The molecule has 1 heterocycles.